The van der Waals surface area contributed by atoms with Crippen LogP contribution in [-0.2, 0) is 9.53 Å². The third-order valence-electron chi connectivity index (χ3n) is 6.89. The molecule has 0 bridgehead atoms. The maximum Gasteiger partial charge on any atom is 0.490 e. The quantitative estimate of drug-likeness (QED) is 0.195. The van der Waals surface area contributed by atoms with Crippen molar-refractivity contribution in [2.24, 2.45) is 0 Å². The van der Waals surface area contributed by atoms with Crippen LogP contribution >= 0.6 is 0 Å². The van der Waals surface area contributed by atoms with Crippen molar-refractivity contribution >= 4 is 35.0 Å². The number of carbonyl (C=O) groups excluding carboxylic acids is 2. The average Bonchev–Trinajstić information content (AvgIpc) is 3.53. The number of halogens is 3. The van der Waals surface area contributed by atoms with Gasteiger partial charge in [-0.1, -0.05) is 36.4 Å². The molecule has 0 aliphatic carbocycles. The number of anilines is 3. The molecule has 5 rings (SSSR count). The predicted molar refractivity (Wildman–Crippen MR) is 168 cm³/mol. The Morgan fingerprint density at radius 3 is 2.32 bits per heavy atom. The Morgan fingerprint density at radius 2 is 1.66 bits per heavy atom. The molecule has 248 valence electrons. The van der Waals surface area contributed by atoms with Crippen molar-refractivity contribution in [3.63, 3.8) is 0 Å². The van der Waals surface area contributed by atoms with Crippen LogP contribution in [0.2, 0.25) is 0 Å². The van der Waals surface area contributed by atoms with Gasteiger partial charge in [-0.05, 0) is 42.8 Å². The lowest BCUT2D eigenvalue weighted by atomic mass is 10.1. The van der Waals surface area contributed by atoms with Crippen molar-refractivity contribution in [3.05, 3.63) is 96.3 Å². The second-order valence-corrected chi connectivity index (χ2v) is 10.2. The zero-order chi connectivity index (χ0) is 34.0. The van der Waals surface area contributed by atoms with Crippen molar-refractivity contribution in [2.45, 2.75) is 19.1 Å². The average molecular weight is 655 g/mol. The molecule has 0 saturated carbocycles. The van der Waals surface area contributed by atoms with Crippen LogP contribution in [0.3, 0.4) is 0 Å². The van der Waals surface area contributed by atoms with E-state index < -0.39 is 12.1 Å². The zero-order valence-electron chi connectivity index (χ0n) is 25.5. The summed E-state index contributed by atoms with van der Waals surface area (Å²) in [6.07, 6.45) is -1.83. The number of aromatic nitrogens is 2. The number of aliphatic carboxylic acids is 1. The lowest BCUT2D eigenvalue weighted by Gasteiger charge is -2.30. The number of urea groups is 1. The highest BCUT2D eigenvalue weighted by atomic mass is 19.4. The highest BCUT2D eigenvalue weighted by Gasteiger charge is 2.38. The number of rotatable bonds is 8. The van der Waals surface area contributed by atoms with Gasteiger partial charge in [0, 0.05) is 30.4 Å². The van der Waals surface area contributed by atoms with Crippen LogP contribution in [-0.4, -0.2) is 72.4 Å². The number of carboxylic acids is 1. The third kappa shape index (κ3) is 9.71. The van der Waals surface area contributed by atoms with Gasteiger partial charge >= 0.3 is 18.2 Å². The minimum atomic E-state index is -5.08. The van der Waals surface area contributed by atoms with Gasteiger partial charge in [0.25, 0.3) is 5.91 Å². The van der Waals surface area contributed by atoms with Gasteiger partial charge in [-0.15, -0.1) is 0 Å². The maximum absolute atomic E-state index is 13.1. The maximum atomic E-state index is 13.1. The Labute approximate surface area is 268 Å². The molecule has 4 aromatic rings. The van der Waals surface area contributed by atoms with Crippen molar-refractivity contribution in [1.29, 1.82) is 0 Å². The summed E-state index contributed by atoms with van der Waals surface area (Å²) in [5, 5.41) is 20.1. The Kier molecular flexibility index (Phi) is 11.4. The first-order valence-electron chi connectivity index (χ1n) is 14.3. The first-order valence-corrected chi connectivity index (χ1v) is 14.3. The van der Waals surface area contributed by atoms with Gasteiger partial charge < -0.3 is 35.4 Å². The van der Waals surface area contributed by atoms with Gasteiger partial charge in [0.2, 0.25) is 0 Å². The molecule has 0 unspecified atom stereocenters. The van der Waals surface area contributed by atoms with Crippen LogP contribution in [0.4, 0.5) is 35.0 Å². The third-order valence-corrected chi connectivity index (χ3v) is 6.89. The first kappa shape index (κ1) is 34.3. The molecule has 1 fully saturated rings. The van der Waals surface area contributed by atoms with Crippen LogP contribution in [0.1, 0.15) is 28.9 Å². The van der Waals surface area contributed by atoms with Crippen LogP contribution in [0, 0.1) is 0 Å². The van der Waals surface area contributed by atoms with Gasteiger partial charge in [-0.3, -0.25) is 4.79 Å². The molecule has 1 aliphatic heterocycles. The summed E-state index contributed by atoms with van der Waals surface area (Å²) in [7, 11) is 1.62. The second-order valence-electron chi connectivity index (χ2n) is 10.2. The molecule has 12 nitrogen and oxygen atoms in total. The summed E-state index contributed by atoms with van der Waals surface area (Å²) >= 11 is 0. The smallest absolute Gasteiger partial charge is 0.490 e. The minimum Gasteiger partial charge on any atom is -0.495 e. The molecule has 3 aromatic carbocycles. The van der Waals surface area contributed by atoms with E-state index in [4.69, 9.17) is 19.4 Å². The molecule has 47 heavy (non-hydrogen) atoms. The lowest BCUT2D eigenvalue weighted by molar-refractivity contribution is -0.192. The Bertz CT molecular complexity index is 1680. The van der Waals surface area contributed by atoms with E-state index in [0.717, 1.165) is 24.3 Å². The van der Waals surface area contributed by atoms with Gasteiger partial charge in [0.15, 0.2) is 0 Å². The number of hydrogen-bond donors (Lipinski definition) is 4. The molecular weight excluding hydrogens is 621 g/mol. The van der Waals surface area contributed by atoms with E-state index in [-0.39, 0.29) is 18.0 Å². The number of carbonyl (C=O) groups is 3. The summed E-state index contributed by atoms with van der Waals surface area (Å²) < 4.78 is 44.4. The number of hydrogen-bond acceptors (Lipinski definition) is 7. The van der Waals surface area contributed by atoms with Crippen molar-refractivity contribution in [1.82, 2.24) is 15.1 Å². The SMILES string of the molecule is COc1cc(NC(=O)c2cccc(-n3cc(NC(=O)N[C@@H](C)c4ccccc4)cn3)c2)ccc1N1CCOCC1.O=C(O)C(F)(F)F. The summed E-state index contributed by atoms with van der Waals surface area (Å²) in [5.41, 5.74) is 4.28. The van der Waals surface area contributed by atoms with Crippen LogP contribution < -0.4 is 25.6 Å². The van der Waals surface area contributed by atoms with E-state index in [0.29, 0.717) is 41.6 Å². The number of carboxylic acid groups (broad SMARTS) is 1. The number of nitrogens with zero attached hydrogens (tertiary/aromatic N) is 3. The first-order chi connectivity index (χ1) is 22.4. The second kappa shape index (κ2) is 15.6. The fraction of sp³-hybridized carbons (Fsp3) is 0.250. The zero-order valence-corrected chi connectivity index (χ0v) is 25.5. The number of alkyl halides is 3. The van der Waals surface area contributed by atoms with Gasteiger partial charge in [-0.2, -0.15) is 18.3 Å². The van der Waals surface area contributed by atoms with E-state index in [2.05, 4.69) is 25.9 Å². The van der Waals surface area contributed by atoms with Gasteiger partial charge in [0.1, 0.15) is 5.75 Å². The van der Waals surface area contributed by atoms with E-state index in [1.54, 1.807) is 42.4 Å². The van der Waals surface area contributed by atoms with Crippen LogP contribution in [0.15, 0.2) is 85.2 Å². The van der Waals surface area contributed by atoms with E-state index >= 15 is 0 Å². The molecule has 1 aromatic heterocycles. The predicted octanol–water partition coefficient (Wildman–Crippen LogP) is 5.49. The highest BCUT2D eigenvalue weighted by Crippen LogP contribution is 2.32. The number of morpholine rings is 1. The highest BCUT2D eigenvalue weighted by molar-refractivity contribution is 6.04. The summed E-state index contributed by atoms with van der Waals surface area (Å²) in [5.74, 6) is -2.33. The molecule has 15 heteroatoms. The topological polar surface area (TPSA) is 147 Å². The largest absolute Gasteiger partial charge is 0.495 e. The molecule has 0 spiro atoms. The van der Waals surface area contributed by atoms with Gasteiger partial charge in [-0.25, -0.2) is 14.3 Å². The normalized spacial score (nSPS) is 13.4. The Morgan fingerprint density at radius 1 is 0.957 bits per heavy atom. The lowest BCUT2D eigenvalue weighted by Crippen LogP contribution is -2.36. The van der Waals surface area contributed by atoms with Crippen molar-refractivity contribution in [2.75, 3.05) is 48.9 Å². The van der Waals surface area contributed by atoms with Crippen molar-refractivity contribution < 1.29 is 42.1 Å². The summed E-state index contributed by atoms with van der Waals surface area (Å²) in [6.45, 7) is 4.84. The fourth-order valence-electron chi connectivity index (χ4n) is 4.53. The molecule has 1 aliphatic rings. The fourth-order valence-corrected chi connectivity index (χ4v) is 4.53. The number of nitrogens with one attached hydrogen (secondary N) is 3. The number of amides is 3. The minimum absolute atomic E-state index is 0.151. The van der Waals surface area contributed by atoms with E-state index in [9.17, 15) is 22.8 Å². The monoisotopic (exact) mass is 654 g/mol. The number of ether oxygens (including phenoxy) is 2. The molecule has 1 saturated heterocycles. The Hall–Kier alpha value is -5.57. The van der Waals surface area contributed by atoms with Gasteiger partial charge in [0.05, 0.1) is 55.8 Å². The van der Waals surface area contributed by atoms with E-state index in [1.165, 1.54) is 0 Å². The molecule has 2 heterocycles. The molecular formula is C32H33F3N6O6. The summed E-state index contributed by atoms with van der Waals surface area (Å²) in [4.78, 5) is 36.7. The number of methoxy groups -OCH3 is 1. The van der Waals surface area contributed by atoms with Crippen molar-refractivity contribution in [3.8, 4) is 11.4 Å². The molecule has 3 amide bonds. The van der Waals surface area contributed by atoms with Crippen LogP contribution in [0.5, 0.6) is 5.75 Å². The summed E-state index contributed by atoms with van der Waals surface area (Å²) in [6, 6.07) is 22.0. The molecule has 0 radical (unpaired) electrons. The Balaban J connectivity index is 0.000000644. The molecule has 4 N–H and O–H groups in total. The van der Waals surface area contributed by atoms with Crippen LogP contribution in [0.25, 0.3) is 5.69 Å². The molecule has 1 atom stereocenters. The standard InChI is InChI=1S/C30H32N6O4.C2HF3O2/c1-21(22-7-4-3-5-8-22)32-30(38)34-25-19-31-36(20-25)26-10-6-9-23(17-26)29(37)33-24-11-12-27(28(18-24)39-2)35-13-15-40-16-14-35;3-2(4,5)1(6)7/h3-12,17-21H,13-16H2,1-2H3,(H,33,37)(H2,32,34,38);(H,6,7)/t21-;/m0./s1. The number of benzene rings is 3. The van der Waals surface area contributed by atoms with E-state index in [1.807, 2.05) is 61.5 Å².